The van der Waals surface area contributed by atoms with Crippen LogP contribution in [0.15, 0.2) is 0 Å². The highest BCUT2D eigenvalue weighted by molar-refractivity contribution is 5.60. The first kappa shape index (κ1) is 9.60. The number of aliphatic hydroxyl groups excluding tert-OH is 1. The van der Waals surface area contributed by atoms with Crippen LogP contribution < -0.4 is 5.73 Å². The largest absolute Gasteiger partial charge is 0.389 e. The van der Waals surface area contributed by atoms with Gasteiger partial charge in [0.25, 0.3) is 0 Å². The van der Waals surface area contributed by atoms with E-state index in [0.29, 0.717) is 6.29 Å². The number of aldehydes is 1. The zero-order chi connectivity index (χ0) is 9.35. The Labute approximate surface area is 70.1 Å². The Balaban J connectivity index is 2.71. The molecule has 1 heterocycles. The van der Waals surface area contributed by atoms with Gasteiger partial charge in [-0.2, -0.15) is 0 Å². The molecule has 5 heteroatoms. The molecule has 1 rings (SSSR count). The van der Waals surface area contributed by atoms with Gasteiger partial charge in [-0.1, -0.05) is 0 Å². The molecule has 0 spiro atoms. The van der Waals surface area contributed by atoms with E-state index < -0.39 is 24.0 Å². The summed E-state index contributed by atoms with van der Waals surface area (Å²) in [6, 6.07) is -0.621. The van der Waals surface area contributed by atoms with E-state index in [0.717, 1.165) is 0 Å². The minimum absolute atomic E-state index is 0.0675. The number of carbonyl (C=O) groups excluding carboxylic acids is 1. The summed E-state index contributed by atoms with van der Waals surface area (Å²) in [4.78, 5) is 10.4. The molecule has 1 saturated heterocycles. The standard InChI is InChI=1S/C7H13NO4/c1-4-6(10)5(8)2-7(11,3-9)12-4/h3-6,10-11H,2,8H2,1H3/t4-,5-,6-,7-/m0/s1. The van der Waals surface area contributed by atoms with Crippen molar-refractivity contribution in [2.75, 3.05) is 0 Å². The highest BCUT2D eigenvalue weighted by Crippen LogP contribution is 2.24. The molecule has 1 aliphatic rings. The Morgan fingerprint density at radius 3 is 2.75 bits per heavy atom. The Hall–Kier alpha value is -0.490. The highest BCUT2D eigenvalue weighted by Gasteiger charge is 2.42. The maximum atomic E-state index is 10.4. The van der Waals surface area contributed by atoms with Gasteiger partial charge in [-0.15, -0.1) is 0 Å². The number of hydrogen-bond acceptors (Lipinski definition) is 5. The number of ether oxygens (including phenoxy) is 1. The van der Waals surface area contributed by atoms with Crippen LogP contribution >= 0.6 is 0 Å². The Morgan fingerprint density at radius 2 is 2.33 bits per heavy atom. The Morgan fingerprint density at radius 1 is 1.75 bits per heavy atom. The van der Waals surface area contributed by atoms with Gasteiger partial charge in [-0.3, -0.25) is 4.79 Å². The van der Waals surface area contributed by atoms with E-state index in [1.54, 1.807) is 6.92 Å². The monoisotopic (exact) mass is 175 g/mol. The molecule has 1 fully saturated rings. The molecule has 0 aromatic rings. The predicted molar refractivity (Wildman–Crippen MR) is 40.2 cm³/mol. The molecule has 5 nitrogen and oxygen atoms in total. The molecule has 0 unspecified atom stereocenters. The van der Waals surface area contributed by atoms with Crippen molar-refractivity contribution in [2.24, 2.45) is 5.73 Å². The summed E-state index contributed by atoms with van der Waals surface area (Å²) in [5, 5.41) is 18.7. The van der Waals surface area contributed by atoms with Crippen LogP contribution in [-0.2, 0) is 9.53 Å². The van der Waals surface area contributed by atoms with Crippen molar-refractivity contribution in [1.82, 2.24) is 0 Å². The third-order valence-electron chi connectivity index (χ3n) is 2.02. The molecule has 70 valence electrons. The lowest BCUT2D eigenvalue weighted by Gasteiger charge is -2.38. The number of aliphatic hydroxyl groups is 2. The average Bonchev–Trinajstić information content (AvgIpc) is 2.00. The summed E-state index contributed by atoms with van der Waals surface area (Å²) in [5.74, 6) is -1.82. The third-order valence-corrected chi connectivity index (χ3v) is 2.02. The fraction of sp³-hybridized carbons (Fsp3) is 0.857. The van der Waals surface area contributed by atoms with E-state index in [4.69, 9.17) is 10.5 Å². The van der Waals surface area contributed by atoms with Crippen LogP contribution in [0.2, 0.25) is 0 Å². The van der Waals surface area contributed by atoms with Crippen molar-refractivity contribution in [3.8, 4) is 0 Å². The smallest absolute Gasteiger partial charge is 0.225 e. The van der Waals surface area contributed by atoms with E-state index in [2.05, 4.69) is 0 Å². The molecule has 0 aromatic carbocycles. The quantitative estimate of drug-likeness (QED) is 0.416. The Bertz CT molecular complexity index is 172. The summed E-state index contributed by atoms with van der Waals surface area (Å²) in [6.07, 6.45) is -1.22. The van der Waals surface area contributed by atoms with Crippen LogP contribution in [0.3, 0.4) is 0 Å². The highest BCUT2D eigenvalue weighted by atomic mass is 16.6. The van der Waals surface area contributed by atoms with Crippen LogP contribution in [0.25, 0.3) is 0 Å². The van der Waals surface area contributed by atoms with Gasteiger partial charge in [-0.05, 0) is 6.92 Å². The minimum Gasteiger partial charge on any atom is -0.389 e. The van der Waals surface area contributed by atoms with Gasteiger partial charge in [-0.25, -0.2) is 0 Å². The maximum absolute atomic E-state index is 10.4. The van der Waals surface area contributed by atoms with Crippen molar-refractivity contribution in [1.29, 1.82) is 0 Å². The molecular formula is C7H13NO4. The van der Waals surface area contributed by atoms with Gasteiger partial charge in [0.1, 0.15) is 0 Å². The molecule has 12 heavy (non-hydrogen) atoms. The lowest BCUT2D eigenvalue weighted by molar-refractivity contribution is -0.254. The second kappa shape index (κ2) is 3.10. The van der Waals surface area contributed by atoms with Crippen LogP contribution in [-0.4, -0.2) is 40.5 Å². The van der Waals surface area contributed by atoms with Gasteiger partial charge >= 0.3 is 0 Å². The van der Waals surface area contributed by atoms with E-state index >= 15 is 0 Å². The predicted octanol–water partition coefficient (Wildman–Crippen LogP) is -1.63. The SMILES string of the molecule is C[C@@H]1O[C@](O)(C=O)C[C@H](N)[C@H]1O. The fourth-order valence-corrected chi connectivity index (χ4v) is 1.32. The fourth-order valence-electron chi connectivity index (χ4n) is 1.32. The lowest BCUT2D eigenvalue weighted by Crippen LogP contribution is -2.57. The Kier molecular flexibility index (Phi) is 2.48. The zero-order valence-corrected chi connectivity index (χ0v) is 6.80. The first-order valence-corrected chi connectivity index (χ1v) is 3.79. The van der Waals surface area contributed by atoms with E-state index in [1.807, 2.05) is 0 Å². The second-order valence-corrected chi connectivity index (χ2v) is 3.14. The summed E-state index contributed by atoms with van der Waals surface area (Å²) < 4.78 is 4.86. The number of hydrogen-bond donors (Lipinski definition) is 3. The molecule has 0 radical (unpaired) electrons. The minimum atomic E-state index is -1.82. The van der Waals surface area contributed by atoms with Crippen LogP contribution in [0.4, 0.5) is 0 Å². The van der Waals surface area contributed by atoms with Crippen LogP contribution in [0, 0.1) is 0 Å². The molecule has 4 atom stereocenters. The van der Waals surface area contributed by atoms with E-state index in [-0.39, 0.29) is 6.42 Å². The van der Waals surface area contributed by atoms with Crippen molar-refractivity contribution in [2.45, 2.75) is 37.4 Å². The van der Waals surface area contributed by atoms with E-state index in [1.165, 1.54) is 0 Å². The topological polar surface area (TPSA) is 92.8 Å². The van der Waals surface area contributed by atoms with Gasteiger partial charge in [0, 0.05) is 12.5 Å². The van der Waals surface area contributed by atoms with Gasteiger partial charge in [0.15, 0.2) is 6.29 Å². The van der Waals surface area contributed by atoms with Crippen molar-refractivity contribution in [3.63, 3.8) is 0 Å². The third kappa shape index (κ3) is 1.64. The summed E-state index contributed by atoms with van der Waals surface area (Å²) in [6.45, 7) is 1.55. The molecule has 0 saturated carbocycles. The first-order chi connectivity index (χ1) is 5.48. The molecule has 0 bridgehead atoms. The molecule has 1 aliphatic heterocycles. The van der Waals surface area contributed by atoms with E-state index in [9.17, 15) is 15.0 Å². The molecule has 0 aliphatic carbocycles. The van der Waals surface area contributed by atoms with Crippen LogP contribution in [0.1, 0.15) is 13.3 Å². The summed E-state index contributed by atoms with van der Waals surface area (Å²) in [5.41, 5.74) is 5.47. The maximum Gasteiger partial charge on any atom is 0.225 e. The summed E-state index contributed by atoms with van der Waals surface area (Å²) >= 11 is 0. The second-order valence-electron chi connectivity index (χ2n) is 3.14. The number of carbonyl (C=O) groups is 1. The van der Waals surface area contributed by atoms with Crippen molar-refractivity contribution < 1.29 is 19.7 Å². The molecule has 0 amide bonds. The van der Waals surface area contributed by atoms with Crippen molar-refractivity contribution >= 4 is 6.29 Å². The van der Waals surface area contributed by atoms with Crippen LogP contribution in [0.5, 0.6) is 0 Å². The number of rotatable bonds is 1. The van der Waals surface area contributed by atoms with Crippen molar-refractivity contribution in [3.05, 3.63) is 0 Å². The normalized spacial score (nSPS) is 48.8. The lowest BCUT2D eigenvalue weighted by atomic mass is 9.95. The average molecular weight is 175 g/mol. The number of nitrogens with two attached hydrogens (primary N) is 1. The zero-order valence-electron chi connectivity index (χ0n) is 6.80. The van der Waals surface area contributed by atoms with Gasteiger partial charge in [0.2, 0.25) is 5.79 Å². The first-order valence-electron chi connectivity index (χ1n) is 3.79. The molecule has 0 aromatic heterocycles. The van der Waals surface area contributed by atoms with Gasteiger partial charge < -0.3 is 20.7 Å². The summed E-state index contributed by atoms with van der Waals surface area (Å²) in [7, 11) is 0. The molecular weight excluding hydrogens is 162 g/mol. The van der Waals surface area contributed by atoms with Gasteiger partial charge in [0.05, 0.1) is 12.2 Å². The molecule has 4 N–H and O–H groups in total.